The molecule has 0 saturated heterocycles. The fourth-order valence-electron chi connectivity index (χ4n) is 2.65. The summed E-state index contributed by atoms with van der Waals surface area (Å²) in [5, 5.41) is 2.63. The molecule has 0 aliphatic carbocycles. The maximum Gasteiger partial charge on any atom is 0.337 e. The summed E-state index contributed by atoms with van der Waals surface area (Å²) >= 11 is 0. The summed E-state index contributed by atoms with van der Waals surface area (Å²) in [6.07, 6.45) is -1.20. The van der Waals surface area contributed by atoms with E-state index in [1.807, 2.05) is 0 Å². The van der Waals surface area contributed by atoms with Crippen molar-refractivity contribution in [3.8, 4) is 0 Å². The number of aromatic nitrogens is 1. The number of methoxy groups -OCH3 is 1. The van der Waals surface area contributed by atoms with E-state index in [-0.39, 0.29) is 5.69 Å². The van der Waals surface area contributed by atoms with Crippen LogP contribution in [-0.4, -0.2) is 36.0 Å². The number of pyridine rings is 1. The Labute approximate surface area is 166 Å². The van der Waals surface area contributed by atoms with E-state index in [2.05, 4.69) is 15.0 Å². The first-order chi connectivity index (χ1) is 13.7. The minimum Gasteiger partial charge on any atom is -0.465 e. The molecule has 0 fully saturated rings. The third kappa shape index (κ3) is 6.34. The molecule has 0 spiro atoms. The number of hydrogen-bond donors (Lipinski definition) is 1. The number of ether oxygens (including phenoxy) is 2. The maximum atomic E-state index is 13.5. The first-order valence-electron chi connectivity index (χ1n) is 8.67. The lowest BCUT2D eigenvalue weighted by molar-refractivity contribution is -0.155. The number of esters is 2. The minimum absolute atomic E-state index is 0.357. The summed E-state index contributed by atoms with van der Waals surface area (Å²) < 4.78 is 36.4. The molecular formula is C20H20F2N2O5. The molecule has 7 nitrogen and oxygen atoms in total. The van der Waals surface area contributed by atoms with E-state index in [9.17, 15) is 23.2 Å². The third-order valence-electron chi connectivity index (χ3n) is 3.87. The van der Waals surface area contributed by atoms with Crippen LogP contribution in [0.15, 0.2) is 36.4 Å². The van der Waals surface area contributed by atoms with Crippen LogP contribution in [-0.2, 0) is 25.5 Å². The second-order valence-electron chi connectivity index (χ2n) is 6.32. The van der Waals surface area contributed by atoms with Crippen LogP contribution in [0.3, 0.4) is 0 Å². The van der Waals surface area contributed by atoms with Gasteiger partial charge in [-0.25, -0.2) is 14.2 Å². The van der Waals surface area contributed by atoms with Crippen molar-refractivity contribution in [2.75, 3.05) is 7.11 Å². The number of carbonyl (C=O) groups is 3. The van der Waals surface area contributed by atoms with Gasteiger partial charge < -0.3 is 14.8 Å². The highest BCUT2D eigenvalue weighted by Gasteiger charge is 2.27. The van der Waals surface area contributed by atoms with Gasteiger partial charge in [0.1, 0.15) is 5.82 Å². The van der Waals surface area contributed by atoms with Crippen molar-refractivity contribution in [3.05, 3.63) is 65.0 Å². The molecule has 1 amide bonds. The van der Waals surface area contributed by atoms with Crippen LogP contribution in [0.25, 0.3) is 0 Å². The number of benzene rings is 1. The Hall–Kier alpha value is -3.36. The molecule has 9 heteroatoms. The lowest BCUT2D eigenvalue weighted by Crippen LogP contribution is -2.39. The zero-order valence-electron chi connectivity index (χ0n) is 16.1. The van der Waals surface area contributed by atoms with E-state index in [0.29, 0.717) is 18.1 Å². The normalized spacial score (nSPS) is 12.6. The number of rotatable bonds is 7. The van der Waals surface area contributed by atoms with Crippen LogP contribution in [0.2, 0.25) is 0 Å². The van der Waals surface area contributed by atoms with E-state index in [1.54, 1.807) is 31.2 Å². The first kappa shape index (κ1) is 21.9. The van der Waals surface area contributed by atoms with Gasteiger partial charge in [-0.3, -0.25) is 9.59 Å². The van der Waals surface area contributed by atoms with Crippen molar-refractivity contribution < 1.29 is 32.6 Å². The maximum absolute atomic E-state index is 13.5. The predicted molar refractivity (Wildman–Crippen MR) is 97.8 cm³/mol. The van der Waals surface area contributed by atoms with Crippen LogP contribution in [0.5, 0.6) is 0 Å². The van der Waals surface area contributed by atoms with Gasteiger partial charge >= 0.3 is 11.9 Å². The second-order valence-corrected chi connectivity index (χ2v) is 6.32. The van der Waals surface area contributed by atoms with Gasteiger partial charge in [-0.2, -0.15) is 4.39 Å². The highest BCUT2D eigenvalue weighted by atomic mass is 19.1. The van der Waals surface area contributed by atoms with Crippen molar-refractivity contribution in [2.45, 2.75) is 32.4 Å². The highest BCUT2D eigenvalue weighted by molar-refractivity contribution is 5.89. The zero-order chi connectivity index (χ0) is 21.6. The van der Waals surface area contributed by atoms with E-state index in [0.717, 1.165) is 18.6 Å². The highest BCUT2D eigenvalue weighted by Crippen LogP contribution is 2.18. The summed E-state index contributed by atoms with van der Waals surface area (Å²) in [5.74, 6) is -4.11. The lowest BCUT2D eigenvalue weighted by Gasteiger charge is -2.20. The smallest absolute Gasteiger partial charge is 0.337 e. The average Bonchev–Trinajstić information content (AvgIpc) is 2.64. The third-order valence-corrected chi connectivity index (χ3v) is 3.87. The van der Waals surface area contributed by atoms with Gasteiger partial charge in [0.15, 0.2) is 0 Å². The molecule has 1 aromatic carbocycles. The standard InChI is InChI=1S/C20H20F2N2O5/c1-11(8-13-4-6-14(7-5-13)20(27)28-3)23-19(26)18(29-12(2)25)16-9-15(21)10-17(22)24-16/h4-7,9-11,18H,8H2,1-3H3,(H,23,26). The van der Waals surface area contributed by atoms with Gasteiger partial charge in [-0.1, -0.05) is 12.1 Å². The molecule has 154 valence electrons. The Morgan fingerprint density at radius 2 is 1.79 bits per heavy atom. The summed E-state index contributed by atoms with van der Waals surface area (Å²) in [7, 11) is 1.28. The molecule has 2 rings (SSSR count). The van der Waals surface area contributed by atoms with Crippen molar-refractivity contribution in [1.29, 1.82) is 0 Å². The first-order valence-corrected chi connectivity index (χ1v) is 8.67. The number of amides is 1. The summed E-state index contributed by atoms with van der Waals surface area (Å²) in [5.41, 5.74) is 0.858. The molecule has 2 unspecified atom stereocenters. The SMILES string of the molecule is COC(=O)c1ccc(CC(C)NC(=O)C(OC(C)=O)c2cc(F)cc(F)n2)cc1. The van der Waals surface area contributed by atoms with Gasteiger partial charge in [0.2, 0.25) is 12.1 Å². The average molecular weight is 406 g/mol. The van der Waals surface area contributed by atoms with Crippen molar-refractivity contribution in [1.82, 2.24) is 10.3 Å². The Kier molecular flexibility index (Phi) is 7.35. The van der Waals surface area contributed by atoms with Crippen molar-refractivity contribution in [2.24, 2.45) is 0 Å². The van der Waals surface area contributed by atoms with Crippen LogP contribution >= 0.6 is 0 Å². The fourth-order valence-corrected chi connectivity index (χ4v) is 2.65. The second kappa shape index (κ2) is 9.72. The summed E-state index contributed by atoms with van der Waals surface area (Å²) in [6, 6.07) is 7.57. The molecule has 0 aliphatic rings. The number of halogens is 2. The predicted octanol–water partition coefficient (Wildman–Crippen LogP) is 2.50. The van der Waals surface area contributed by atoms with E-state index < -0.39 is 41.8 Å². The molecule has 0 radical (unpaired) electrons. The topological polar surface area (TPSA) is 94.6 Å². The molecule has 2 atom stereocenters. The minimum atomic E-state index is -1.60. The Morgan fingerprint density at radius 3 is 2.34 bits per heavy atom. The number of nitrogens with zero attached hydrogens (tertiary/aromatic N) is 1. The lowest BCUT2D eigenvalue weighted by atomic mass is 10.0. The molecule has 2 aromatic rings. The Bertz CT molecular complexity index is 882. The summed E-state index contributed by atoms with van der Waals surface area (Å²) in [6.45, 7) is 2.78. The number of carbonyl (C=O) groups excluding carboxylic acids is 3. The molecule has 29 heavy (non-hydrogen) atoms. The summed E-state index contributed by atoms with van der Waals surface area (Å²) in [4.78, 5) is 38.8. The molecule has 1 heterocycles. The Balaban J connectivity index is 2.09. The monoisotopic (exact) mass is 406 g/mol. The fraction of sp³-hybridized carbons (Fsp3) is 0.300. The molecular weight excluding hydrogens is 386 g/mol. The van der Waals surface area contributed by atoms with Crippen LogP contribution in [0.4, 0.5) is 8.78 Å². The molecule has 1 aromatic heterocycles. The molecule has 0 saturated carbocycles. The van der Waals surface area contributed by atoms with Crippen LogP contribution < -0.4 is 5.32 Å². The quantitative estimate of drug-likeness (QED) is 0.561. The molecule has 1 N–H and O–H groups in total. The van der Waals surface area contributed by atoms with Crippen LogP contribution in [0, 0.1) is 11.8 Å². The van der Waals surface area contributed by atoms with Gasteiger partial charge in [-0.15, -0.1) is 0 Å². The van der Waals surface area contributed by atoms with E-state index in [4.69, 9.17) is 4.74 Å². The van der Waals surface area contributed by atoms with Gasteiger partial charge in [0, 0.05) is 19.0 Å². The Morgan fingerprint density at radius 1 is 1.14 bits per heavy atom. The largest absolute Gasteiger partial charge is 0.465 e. The number of nitrogens with one attached hydrogen (secondary N) is 1. The van der Waals surface area contributed by atoms with E-state index >= 15 is 0 Å². The van der Waals surface area contributed by atoms with Gasteiger partial charge in [0.05, 0.1) is 18.4 Å². The van der Waals surface area contributed by atoms with Crippen molar-refractivity contribution >= 4 is 17.8 Å². The van der Waals surface area contributed by atoms with E-state index in [1.165, 1.54) is 7.11 Å². The zero-order valence-corrected chi connectivity index (χ0v) is 16.1. The van der Waals surface area contributed by atoms with Gasteiger partial charge in [-0.05, 0) is 37.1 Å². The molecule has 0 aliphatic heterocycles. The van der Waals surface area contributed by atoms with Crippen LogP contribution in [0.1, 0.15) is 41.6 Å². The van der Waals surface area contributed by atoms with Gasteiger partial charge in [0.25, 0.3) is 5.91 Å². The number of hydrogen-bond acceptors (Lipinski definition) is 6. The molecule has 0 bridgehead atoms. The van der Waals surface area contributed by atoms with Crippen molar-refractivity contribution in [3.63, 3.8) is 0 Å².